The number of esters is 10. The van der Waals surface area contributed by atoms with Crippen LogP contribution >= 0.6 is 0 Å². The molecule has 0 aromatic carbocycles. The van der Waals surface area contributed by atoms with Crippen LogP contribution in [0.3, 0.4) is 0 Å². The summed E-state index contributed by atoms with van der Waals surface area (Å²) in [6.07, 6.45) is -3.51. The third kappa shape index (κ3) is 22.5. The van der Waals surface area contributed by atoms with Crippen LogP contribution in [0.25, 0.3) is 0 Å². The van der Waals surface area contributed by atoms with Crippen LogP contribution in [0.1, 0.15) is 296 Å². The van der Waals surface area contributed by atoms with E-state index in [1.807, 2.05) is 76.2 Å². The van der Waals surface area contributed by atoms with E-state index in [0.29, 0.717) is 38.5 Å². The quantitative estimate of drug-likeness (QED) is 0.114. The lowest BCUT2D eigenvalue weighted by Gasteiger charge is -2.33. The van der Waals surface area contributed by atoms with Gasteiger partial charge in [-0.3, -0.25) is 24.0 Å². The molecule has 1 spiro atoms. The van der Waals surface area contributed by atoms with E-state index in [2.05, 4.69) is 0 Å². The lowest BCUT2D eigenvalue weighted by molar-refractivity contribution is -0.246. The van der Waals surface area contributed by atoms with Gasteiger partial charge in [0.1, 0.15) is 42.7 Å². The molecule has 31 nitrogen and oxygen atoms in total. The largest absolute Gasteiger partial charge is 0.459 e. The van der Waals surface area contributed by atoms with E-state index in [-0.39, 0.29) is 128 Å². The summed E-state index contributed by atoms with van der Waals surface area (Å²) in [5.41, 5.74) is -3.19. The van der Waals surface area contributed by atoms with Crippen molar-refractivity contribution in [3.8, 4) is 0 Å². The number of aliphatic hydroxyl groups excluding tert-OH is 2. The molecule has 14 rings (SSSR count). The third-order valence-electron chi connectivity index (χ3n) is 23.2. The average molecular weight is 1660 g/mol. The zero-order valence-electron chi connectivity index (χ0n) is 63.9. The molecule has 11 heterocycles. The predicted molar refractivity (Wildman–Crippen MR) is 422 cm³/mol. The highest BCUT2D eigenvalue weighted by Crippen LogP contribution is 2.51. The number of fused-ring (bicyclic) bond motifs is 11. The summed E-state index contributed by atoms with van der Waals surface area (Å²) in [5, 5.41) is 18.9. The standard InChI is InChI=1S/C18H26O7.C16H24O6.C15H22O7.C13H20O4.C12H18O7.10CH4/c1-4-17(2,3)16(20)23-12-10-11(21-14(12)19)13-15(22-10)25-18(24-13)8-6-5-7-9-18;1-6-15(2,3)14(18)20-11-8-7-9-12(10(8)19-13(11)17)22-16(4,5)21-9;1-6-14(2,3)13(17)20-9-7-8(18-11(9)16)10-12(19-7)22-15(4,5)21-10;1-4-13(2,3)12(15)17-10-8-6-5-7-9(8)16-11(10)14;1-4-12(2,3)11(16)19-8-7-6(17-10(8)15)5(13)9(14)18-7;;;;;;;;;;/h10-13,15H,4-9H2,1-3H3;8-12H,6-7H2,1-5H3;7-10,12H,6H2,1-5H3;8-10H,4-7H2,1-3H3;5-9,13-14H,4H2,1-3H3;10*1H4. The van der Waals surface area contributed by atoms with Crippen molar-refractivity contribution in [3.05, 3.63) is 0 Å². The number of ether oxygens (including phenoxy) is 19. The molecule has 11 aliphatic heterocycles. The molecule has 0 amide bonds. The van der Waals surface area contributed by atoms with E-state index in [1.165, 1.54) is 6.42 Å². The van der Waals surface area contributed by atoms with E-state index in [0.717, 1.165) is 44.9 Å². The van der Waals surface area contributed by atoms with E-state index < -0.39 is 191 Å². The van der Waals surface area contributed by atoms with Gasteiger partial charge < -0.3 is 100 Å². The molecule has 0 aromatic rings. The summed E-state index contributed by atoms with van der Waals surface area (Å²) in [5.74, 6) is -6.99. The Morgan fingerprint density at radius 2 is 0.678 bits per heavy atom. The van der Waals surface area contributed by atoms with Crippen LogP contribution in [0.15, 0.2) is 0 Å². The van der Waals surface area contributed by atoms with Crippen LogP contribution in [0.4, 0.5) is 0 Å². The number of rotatable bonds is 15. The topological polar surface area (TPSA) is 387 Å². The molecule has 14 fully saturated rings. The minimum atomic E-state index is -1.44. The highest BCUT2D eigenvalue weighted by atomic mass is 16.9. The maximum Gasteiger partial charge on any atom is 0.350 e. The normalized spacial score (nSPS) is 34.6. The molecule has 2 N–H and O–H groups in total. The fraction of sp³-hybridized carbons (Fsp3) is 0.881. The number of carbonyl (C=O) groups excluding carboxylic acids is 10. The van der Waals surface area contributed by atoms with Gasteiger partial charge in [-0.25, -0.2) is 24.0 Å². The minimum Gasteiger partial charge on any atom is -0.459 e. The second-order valence-corrected chi connectivity index (χ2v) is 33.7. The number of carbonyl (C=O) groups is 10. The van der Waals surface area contributed by atoms with E-state index in [4.69, 9.17) is 90.0 Å². The molecule has 3 aliphatic carbocycles. The van der Waals surface area contributed by atoms with Crippen molar-refractivity contribution < 1.29 is 148 Å². The molecule has 672 valence electrons. The molecule has 23 unspecified atom stereocenters. The Labute approximate surface area is 685 Å². The smallest absolute Gasteiger partial charge is 0.350 e. The Morgan fingerprint density at radius 3 is 1.10 bits per heavy atom. The molecular weight excluding hydrogens is 1500 g/mol. The van der Waals surface area contributed by atoms with Crippen LogP contribution in [-0.4, -0.2) is 216 Å². The van der Waals surface area contributed by atoms with Crippen LogP contribution in [0.5, 0.6) is 0 Å². The molecule has 0 bridgehead atoms. The van der Waals surface area contributed by atoms with Gasteiger partial charge in [0.05, 0.1) is 33.2 Å². The average Bonchev–Trinajstić information content (AvgIpc) is 1.58. The van der Waals surface area contributed by atoms with Crippen molar-refractivity contribution >= 4 is 59.7 Å². The van der Waals surface area contributed by atoms with Crippen LogP contribution < -0.4 is 0 Å². The van der Waals surface area contributed by atoms with Crippen molar-refractivity contribution in [3.63, 3.8) is 0 Å². The van der Waals surface area contributed by atoms with Crippen molar-refractivity contribution in [2.24, 2.45) is 38.9 Å². The molecule has 0 radical (unpaired) electrons. The molecule has 0 aromatic heterocycles. The van der Waals surface area contributed by atoms with Crippen molar-refractivity contribution in [1.29, 1.82) is 0 Å². The SMILES string of the molecule is C.C.C.C.C.C.C.C.C.C.CCC(C)(C)C(=O)OC1C(=O)OC2C(O)C(O)OC12.CCC(C)(C)C(=O)OC1C(=O)OC2C1CC1OC(C)(C)OC12.CCC(C)(C)C(=O)OC1C(=O)OC2C3OC(C)(C)OC3OC12.CCC(C)(C)C(=O)OC1C(=O)OC2C3OC4(CCCCC4)OC3OC12.CCC(C)(C)C(=O)OC1C(=O)OC2CCCC21. The summed E-state index contributed by atoms with van der Waals surface area (Å²) in [6, 6.07) is 0. The molecule has 14 aliphatic rings. The molecule has 115 heavy (non-hydrogen) atoms. The Kier molecular flexibility index (Phi) is 39.0. The first-order valence-electron chi connectivity index (χ1n) is 37.3. The lowest BCUT2D eigenvalue weighted by atomic mass is 9.90. The van der Waals surface area contributed by atoms with E-state index in [1.54, 1.807) is 55.4 Å². The van der Waals surface area contributed by atoms with Crippen molar-refractivity contribution in [1.82, 2.24) is 0 Å². The van der Waals surface area contributed by atoms with Gasteiger partial charge in [-0.15, -0.1) is 0 Å². The van der Waals surface area contributed by atoms with Crippen LogP contribution in [-0.2, 0) is 138 Å². The monoisotopic (exact) mass is 1660 g/mol. The molecule has 11 saturated heterocycles. The summed E-state index contributed by atoms with van der Waals surface area (Å²) in [6.45, 7) is 34.5. The van der Waals surface area contributed by atoms with Gasteiger partial charge in [0.25, 0.3) is 0 Å². The first-order valence-corrected chi connectivity index (χ1v) is 37.3. The number of aliphatic hydroxyl groups is 2. The van der Waals surface area contributed by atoms with Crippen molar-refractivity contribution in [2.45, 2.75) is 442 Å². The van der Waals surface area contributed by atoms with E-state index >= 15 is 0 Å². The summed E-state index contributed by atoms with van der Waals surface area (Å²) in [7, 11) is 0. The van der Waals surface area contributed by atoms with Gasteiger partial charge in [0, 0.05) is 24.7 Å². The van der Waals surface area contributed by atoms with Crippen LogP contribution in [0, 0.1) is 38.9 Å². The first kappa shape index (κ1) is 109. The minimum absolute atomic E-state index is 0. The van der Waals surface area contributed by atoms with Gasteiger partial charge >= 0.3 is 59.7 Å². The highest BCUT2D eigenvalue weighted by Gasteiger charge is 2.68. The second-order valence-electron chi connectivity index (χ2n) is 33.7. The van der Waals surface area contributed by atoms with Crippen LogP contribution in [0.2, 0.25) is 0 Å². The van der Waals surface area contributed by atoms with Gasteiger partial charge in [0.2, 0.25) is 30.5 Å². The number of hydrogen-bond donors (Lipinski definition) is 2. The zero-order valence-corrected chi connectivity index (χ0v) is 63.9. The van der Waals surface area contributed by atoms with E-state index in [9.17, 15) is 58.2 Å². The summed E-state index contributed by atoms with van der Waals surface area (Å²) >= 11 is 0. The first-order chi connectivity index (χ1) is 48.9. The molecule has 3 saturated carbocycles. The Morgan fingerprint density at radius 1 is 0.348 bits per heavy atom. The third-order valence-corrected chi connectivity index (χ3v) is 23.2. The fourth-order valence-corrected chi connectivity index (χ4v) is 14.4. The fourth-order valence-electron chi connectivity index (χ4n) is 14.4. The Hall–Kier alpha value is -5.74. The predicted octanol–water partition coefficient (Wildman–Crippen LogP) is 12.8. The van der Waals surface area contributed by atoms with Gasteiger partial charge in [-0.2, -0.15) is 0 Å². The van der Waals surface area contributed by atoms with Crippen molar-refractivity contribution in [2.75, 3.05) is 0 Å². The summed E-state index contributed by atoms with van der Waals surface area (Å²) in [4.78, 5) is 120. The maximum absolute atomic E-state index is 12.3. The molecular formula is C84H150O31. The second kappa shape index (κ2) is 41.0. The van der Waals surface area contributed by atoms with Gasteiger partial charge in [-0.1, -0.05) is 115 Å². The molecule has 31 heteroatoms. The highest BCUT2D eigenvalue weighted by molar-refractivity contribution is 5.87. The molecule has 23 atom stereocenters. The Balaban J connectivity index is 0.00000139. The maximum atomic E-state index is 12.3. The number of hydrogen-bond acceptors (Lipinski definition) is 31. The Bertz CT molecular complexity index is 3170. The summed E-state index contributed by atoms with van der Waals surface area (Å²) < 4.78 is 105. The lowest BCUT2D eigenvalue weighted by Crippen LogP contribution is -2.41. The van der Waals surface area contributed by atoms with Gasteiger partial charge in [-0.05, 0) is 168 Å². The zero-order chi connectivity index (χ0) is 77.4. The van der Waals surface area contributed by atoms with Gasteiger partial charge in [0.15, 0.2) is 66.8 Å².